The Bertz CT molecular complexity index is 952. The molecule has 3 aliphatic rings. The topological polar surface area (TPSA) is 56.8 Å². The van der Waals surface area contributed by atoms with Crippen molar-refractivity contribution in [3.05, 3.63) is 24.3 Å². The predicted octanol–water partition coefficient (Wildman–Crippen LogP) is 3.62. The van der Waals surface area contributed by atoms with Gasteiger partial charge in [-0.3, -0.25) is 19.4 Å². The van der Waals surface area contributed by atoms with E-state index in [0.717, 1.165) is 70.6 Å². The molecule has 3 heterocycles. The molecule has 3 fully saturated rings. The van der Waals surface area contributed by atoms with Crippen molar-refractivity contribution < 1.29 is 9.59 Å². The van der Waals surface area contributed by atoms with E-state index in [1.54, 1.807) is 16.4 Å². The molecule has 166 valence electrons. The van der Waals surface area contributed by atoms with Crippen molar-refractivity contribution in [2.75, 3.05) is 44.2 Å². The SMILES string of the molecule is CC1CCC2C(=O)N(CCCCN3CCN(c4nsc5ccccc45)CC3)C(=O)C2C1. The highest BCUT2D eigenvalue weighted by atomic mass is 32.1. The van der Waals surface area contributed by atoms with Crippen LogP contribution < -0.4 is 4.90 Å². The summed E-state index contributed by atoms with van der Waals surface area (Å²) in [7, 11) is 0. The zero-order valence-electron chi connectivity index (χ0n) is 18.3. The van der Waals surface area contributed by atoms with Crippen molar-refractivity contribution in [2.24, 2.45) is 17.8 Å². The van der Waals surface area contributed by atoms with E-state index in [2.05, 4.69) is 41.0 Å². The molecule has 5 rings (SSSR count). The van der Waals surface area contributed by atoms with Crippen LogP contribution in [0, 0.1) is 17.8 Å². The maximum absolute atomic E-state index is 12.7. The average molecular weight is 441 g/mol. The Hall–Kier alpha value is -1.99. The maximum Gasteiger partial charge on any atom is 0.233 e. The molecule has 0 N–H and O–H groups in total. The van der Waals surface area contributed by atoms with E-state index < -0.39 is 0 Å². The summed E-state index contributed by atoms with van der Waals surface area (Å²) < 4.78 is 5.94. The first kappa shape index (κ1) is 20.9. The van der Waals surface area contributed by atoms with E-state index in [4.69, 9.17) is 4.37 Å². The predicted molar refractivity (Wildman–Crippen MR) is 124 cm³/mol. The third kappa shape index (κ3) is 4.10. The Kier molecular flexibility index (Phi) is 5.97. The van der Waals surface area contributed by atoms with Crippen LogP contribution in [0.3, 0.4) is 0 Å². The van der Waals surface area contributed by atoms with Crippen LogP contribution in [0.25, 0.3) is 10.1 Å². The third-order valence-corrected chi connectivity index (χ3v) is 8.23. The first-order valence-corrected chi connectivity index (χ1v) is 12.6. The first-order chi connectivity index (χ1) is 15.1. The quantitative estimate of drug-likeness (QED) is 0.507. The lowest BCUT2D eigenvalue weighted by Gasteiger charge is -2.35. The minimum absolute atomic E-state index is 0.0291. The summed E-state index contributed by atoms with van der Waals surface area (Å²) in [4.78, 5) is 31.9. The Morgan fingerprint density at radius 3 is 2.55 bits per heavy atom. The van der Waals surface area contributed by atoms with Gasteiger partial charge in [0.05, 0.1) is 16.5 Å². The zero-order chi connectivity index (χ0) is 21.4. The van der Waals surface area contributed by atoms with Gasteiger partial charge in [0.2, 0.25) is 11.8 Å². The van der Waals surface area contributed by atoms with Gasteiger partial charge in [-0.05, 0) is 68.2 Å². The minimum Gasteiger partial charge on any atom is -0.353 e. The fourth-order valence-corrected chi connectivity index (χ4v) is 6.36. The van der Waals surface area contributed by atoms with Crippen molar-refractivity contribution in [1.82, 2.24) is 14.2 Å². The van der Waals surface area contributed by atoms with Crippen molar-refractivity contribution in [1.29, 1.82) is 0 Å². The fourth-order valence-electron chi connectivity index (χ4n) is 5.57. The Morgan fingerprint density at radius 1 is 0.968 bits per heavy atom. The number of hydrogen-bond acceptors (Lipinski definition) is 6. The number of unbranched alkanes of at least 4 members (excludes halogenated alkanes) is 1. The number of fused-ring (bicyclic) bond motifs is 2. The number of nitrogens with zero attached hydrogens (tertiary/aromatic N) is 4. The summed E-state index contributed by atoms with van der Waals surface area (Å²) in [5.74, 6) is 1.84. The van der Waals surface area contributed by atoms with Crippen LogP contribution in [-0.2, 0) is 9.59 Å². The van der Waals surface area contributed by atoms with Crippen LogP contribution in [0.1, 0.15) is 39.0 Å². The van der Waals surface area contributed by atoms with Crippen LogP contribution in [0.15, 0.2) is 24.3 Å². The molecule has 3 atom stereocenters. The number of rotatable bonds is 6. The molecule has 1 aliphatic carbocycles. The molecule has 7 heteroatoms. The smallest absolute Gasteiger partial charge is 0.233 e. The van der Waals surface area contributed by atoms with Gasteiger partial charge in [0.15, 0.2) is 0 Å². The lowest BCUT2D eigenvalue weighted by atomic mass is 9.76. The monoisotopic (exact) mass is 440 g/mol. The van der Waals surface area contributed by atoms with Crippen molar-refractivity contribution in [2.45, 2.75) is 39.0 Å². The first-order valence-electron chi connectivity index (χ1n) is 11.8. The van der Waals surface area contributed by atoms with Crippen LogP contribution >= 0.6 is 11.5 Å². The number of amides is 2. The second-order valence-corrected chi connectivity index (χ2v) is 10.3. The van der Waals surface area contributed by atoms with Crippen molar-refractivity contribution in [3.8, 4) is 0 Å². The number of piperazine rings is 1. The van der Waals surface area contributed by atoms with E-state index in [1.165, 1.54) is 10.1 Å². The molecule has 6 nitrogen and oxygen atoms in total. The van der Waals surface area contributed by atoms with E-state index in [-0.39, 0.29) is 23.7 Å². The number of imide groups is 1. The lowest BCUT2D eigenvalue weighted by molar-refractivity contribution is -0.140. The van der Waals surface area contributed by atoms with Crippen LogP contribution in [0.4, 0.5) is 5.82 Å². The molecular formula is C24H32N4O2S. The molecule has 2 aromatic rings. The molecule has 0 bridgehead atoms. The van der Waals surface area contributed by atoms with E-state index in [1.807, 2.05) is 0 Å². The number of carbonyl (C=O) groups excluding carboxylic acids is 2. The number of anilines is 1. The molecular weight excluding hydrogens is 408 g/mol. The van der Waals surface area contributed by atoms with Gasteiger partial charge in [-0.2, -0.15) is 4.37 Å². The van der Waals surface area contributed by atoms with Crippen LogP contribution in [0.2, 0.25) is 0 Å². The normalized spacial score (nSPS) is 27.3. The highest BCUT2D eigenvalue weighted by molar-refractivity contribution is 7.13. The molecule has 0 spiro atoms. The lowest BCUT2D eigenvalue weighted by Crippen LogP contribution is -2.46. The second kappa shape index (κ2) is 8.87. The summed E-state index contributed by atoms with van der Waals surface area (Å²) >= 11 is 1.58. The molecule has 2 aliphatic heterocycles. The Morgan fingerprint density at radius 2 is 1.71 bits per heavy atom. The van der Waals surface area contributed by atoms with Crippen LogP contribution in [0.5, 0.6) is 0 Å². The number of carbonyl (C=O) groups is 2. The van der Waals surface area contributed by atoms with Crippen molar-refractivity contribution >= 4 is 39.3 Å². The molecule has 2 saturated heterocycles. The molecule has 1 aromatic heterocycles. The highest BCUT2D eigenvalue weighted by Crippen LogP contribution is 2.40. The van der Waals surface area contributed by atoms with Gasteiger partial charge in [-0.1, -0.05) is 19.1 Å². The standard InChI is InChI=1S/C24H32N4O2S/c1-17-8-9-18-20(16-17)24(30)28(23(18)29)11-5-4-10-26-12-14-27(15-13-26)22-19-6-2-3-7-21(19)31-25-22/h2-3,6-7,17-18,20H,4-5,8-16H2,1H3. The molecule has 0 radical (unpaired) electrons. The number of hydrogen-bond donors (Lipinski definition) is 0. The van der Waals surface area contributed by atoms with Gasteiger partial charge in [0, 0.05) is 38.1 Å². The van der Waals surface area contributed by atoms with Gasteiger partial charge in [0.25, 0.3) is 0 Å². The maximum atomic E-state index is 12.7. The Labute approximate surface area is 188 Å². The molecule has 1 aromatic carbocycles. The van der Waals surface area contributed by atoms with Gasteiger partial charge in [0.1, 0.15) is 5.82 Å². The number of benzene rings is 1. The fraction of sp³-hybridized carbons (Fsp3) is 0.625. The minimum atomic E-state index is -0.0360. The second-order valence-electron chi connectivity index (χ2n) is 9.50. The van der Waals surface area contributed by atoms with E-state index in [9.17, 15) is 9.59 Å². The summed E-state index contributed by atoms with van der Waals surface area (Å²) in [6, 6.07) is 8.46. The summed E-state index contributed by atoms with van der Waals surface area (Å²) in [5.41, 5.74) is 0. The zero-order valence-corrected chi connectivity index (χ0v) is 19.1. The summed E-state index contributed by atoms with van der Waals surface area (Å²) in [6.45, 7) is 7.91. The number of likely N-dealkylation sites (tertiary alicyclic amines) is 1. The van der Waals surface area contributed by atoms with Gasteiger partial charge in [-0.25, -0.2) is 0 Å². The van der Waals surface area contributed by atoms with Gasteiger partial charge < -0.3 is 4.90 Å². The highest BCUT2D eigenvalue weighted by Gasteiger charge is 2.48. The van der Waals surface area contributed by atoms with Crippen molar-refractivity contribution in [3.63, 3.8) is 0 Å². The molecule has 3 unspecified atom stereocenters. The van der Waals surface area contributed by atoms with Gasteiger partial charge in [-0.15, -0.1) is 0 Å². The summed E-state index contributed by atoms with van der Waals surface area (Å²) in [5, 5.41) is 1.26. The molecule has 2 amide bonds. The molecule has 31 heavy (non-hydrogen) atoms. The third-order valence-electron chi connectivity index (χ3n) is 7.42. The average Bonchev–Trinajstić information content (AvgIpc) is 3.32. The molecule has 1 saturated carbocycles. The Balaban J connectivity index is 1.06. The number of aromatic nitrogens is 1. The van der Waals surface area contributed by atoms with Crippen LogP contribution in [-0.4, -0.2) is 65.3 Å². The van der Waals surface area contributed by atoms with E-state index >= 15 is 0 Å². The van der Waals surface area contributed by atoms with E-state index in [0.29, 0.717) is 12.5 Å². The largest absolute Gasteiger partial charge is 0.353 e. The van der Waals surface area contributed by atoms with Gasteiger partial charge >= 0.3 is 0 Å². The summed E-state index contributed by atoms with van der Waals surface area (Å²) in [6.07, 6.45) is 4.80.